The van der Waals surface area contributed by atoms with Crippen LogP contribution in [0, 0.1) is 17.8 Å². The number of rotatable bonds is 3. The maximum Gasteiger partial charge on any atom is 0.166 e. The number of hydrogen-bond donors (Lipinski definition) is 0. The van der Waals surface area contributed by atoms with Crippen molar-refractivity contribution in [3.63, 3.8) is 0 Å². The predicted molar refractivity (Wildman–Crippen MR) is 57.2 cm³/mol. The molecular weight excluding hydrogens is 172 g/mol. The third kappa shape index (κ3) is 1.47. The molecule has 0 heterocycles. The molecule has 1 aromatic rings. The van der Waals surface area contributed by atoms with Gasteiger partial charge in [-0.15, -0.1) is 0 Å². The summed E-state index contributed by atoms with van der Waals surface area (Å²) in [7, 11) is 0. The van der Waals surface area contributed by atoms with Crippen LogP contribution in [0.25, 0.3) is 0 Å². The van der Waals surface area contributed by atoms with E-state index in [0.29, 0.717) is 23.5 Å². The van der Waals surface area contributed by atoms with Gasteiger partial charge in [-0.25, -0.2) is 0 Å². The molecule has 0 bridgehead atoms. The Morgan fingerprint density at radius 1 is 1.29 bits per heavy atom. The molecule has 3 atom stereocenters. The van der Waals surface area contributed by atoms with Crippen molar-refractivity contribution in [3.05, 3.63) is 35.9 Å². The van der Waals surface area contributed by atoms with Crippen molar-refractivity contribution >= 4 is 5.78 Å². The first kappa shape index (κ1) is 9.45. The average molecular weight is 188 g/mol. The molecule has 1 aromatic carbocycles. The molecule has 0 amide bonds. The van der Waals surface area contributed by atoms with E-state index in [-0.39, 0.29) is 0 Å². The quantitative estimate of drug-likeness (QED) is 0.666. The summed E-state index contributed by atoms with van der Waals surface area (Å²) < 4.78 is 0. The lowest BCUT2D eigenvalue weighted by Gasteiger charge is -1.98. The van der Waals surface area contributed by atoms with E-state index in [1.807, 2.05) is 30.3 Å². The van der Waals surface area contributed by atoms with Crippen LogP contribution in [0.1, 0.15) is 30.6 Å². The highest BCUT2D eigenvalue weighted by atomic mass is 16.1. The number of Topliss-reactive ketones (excluding diaryl/α,β-unsaturated/α-hetero) is 1. The van der Waals surface area contributed by atoms with Crippen molar-refractivity contribution in [1.82, 2.24) is 0 Å². The second kappa shape index (κ2) is 3.56. The summed E-state index contributed by atoms with van der Waals surface area (Å²) in [6.45, 7) is 4.35. The first-order valence-corrected chi connectivity index (χ1v) is 5.35. The number of carbonyl (C=O) groups is 1. The molecular formula is C13H16O. The lowest BCUT2D eigenvalue weighted by Crippen LogP contribution is -2.03. The van der Waals surface area contributed by atoms with E-state index in [1.165, 1.54) is 0 Å². The molecule has 1 fully saturated rings. The van der Waals surface area contributed by atoms with Crippen LogP contribution in [0.2, 0.25) is 0 Å². The second-order valence-electron chi connectivity index (χ2n) is 4.19. The third-order valence-electron chi connectivity index (χ3n) is 3.39. The van der Waals surface area contributed by atoms with Gasteiger partial charge in [-0.1, -0.05) is 50.6 Å². The number of hydrogen-bond acceptors (Lipinski definition) is 1. The molecule has 2 rings (SSSR count). The Morgan fingerprint density at radius 3 is 2.43 bits per heavy atom. The molecule has 0 aromatic heterocycles. The topological polar surface area (TPSA) is 17.1 Å². The van der Waals surface area contributed by atoms with Gasteiger partial charge in [-0.05, 0) is 11.8 Å². The minimum Gasteiger partial charge on any atom is -0.294 e. The van der Waals surface area contributed by atoms with Gasteiger partial charge >= 0.3 is 0 Å². The SMILES string of the molecule is CC[C@H]1[C@@H](C)[C@@H]1C(=O)c1ccccc1. The van der Waals surface area contributed by atoms with Crippen molar-refractivity contribution in [2.24, 2.45) is 17.8 Å². The molecule has 1 heteroatoms. The number of ketones is 1. The maximum absolute atomic E-state index is 12.0. The van der Waals surface area contributed by atoms with E-state index in [2.05, 4.69) is 13.8 Å². The molecule has 0 aliphatic heterocycles. The highest BCUT2D eigenvalue weighted by Gasteiger charge is 2.49. The van der Waals surface area contributed by atoms with Gasteiger partial charge in [-0.3, -0.25) is 4.79 Å². The Kier molecular flexibility index (Phi) is 2.40. The summed E-state index contributed by atoms with van der Waals surface area (Å²) >= 11 is 0. The molecule has 1 aliphatic carbocycles. The Morgan fingerprint density at radius 2 is 1.93 bits per heavy atom. The minimum atomic E-state index is 0.294. The summed E-state index contributed by atoms with van der Waals surface area (Å²) in [5.74, 6) is 1.85. The highest BCUT2D eigenvalue weighted by Crippen LogP contribution is 2.49. The van der Waals surface area contributed by atoms with Crippen LogP contribution >= 0.6 is 0 Å². The van der Waals surface area contributed by atoms with Gasteiger partial charge in [0.1, 0.15) is 0 Å². The Balaban J connectivity index is 2.12. The van der Waals surface area contributed by atoms with Gasteiger partial charge in [0.15, 0.2) is 5.78 Å². The lowest BCUT2D eigenvalue weighted by molar-refractivity contribution is 0.0956. The van der Waals surface area contributed by atoms with Crippen LogP contribution in [-0.4, -0.2) is 5.78 Å². The summed E-state index contributed by atoms with van der Waals surface area (Å²) in [6.07, 6.45) is 1.13. The smallest absolute Gasteiger partial charge is 0.166 e. The zero-order valence-corrected chi connectivity index (χ0v) is 8.73. The second-order valence-corrected chi connectivity index (χ2v) is 4.19. The van der Waals surface area contributed by atoms with Crippen LogP contribution in [0.4, 0.5) is 0 Å². The van der Waals surface area contributed by atoms with Gasteiger partial charge < -0.3 is 0 Å². The van der Waals surface area contributed by atoms with Crippen molar-refractivity contribution in [3.8, 4) is 0 Å². The fourth-order valence-corrected chi connectivity index (χ4v) is 2.40. The molecule has 0 spiro atoms. The largest absolute Gasteiger partial charge is 0.294 e. The predicted octanol–water partition coefficient (Wildman–Crippen LogP) is 3.16. The van der Waals surface area contributed by atoms with E-state index < -0.39 is 0 Å². The molecule has 1 nitrogen and oxygen atoms in total. The molecule has 74 valence electrons. The molecule has 1 aliphatic rings. The van der Waals surface area contributed by atoms with Crippen molar-refractivity contribution in [2.75, 3.05) is 0 Å². The molecule has 0 radical (unpaired) electrons. The van der Waals surface area contributed by atoms with Crippen LogP contribution < -0.4 is 0 Å². The zero-order chi connectivity index (χ0) is 10.1. The molecule has 0 N–H and O–H groups in total. The lowest BCUT2D eigenvalue weighted by atomic mass is 10.1. The third-order valence-corrected chi connectivity index (χ3v) is 3.39. The molecule has 0 unspecified atom stereocenters. The van der Waals surface area contributed by atoms with Gasteiger partial charge in [0.05, 0.1) is 0 Å². The van der Waals surface area contributed by atoms with E-state index in [0.717, 1.165) is 12.0 Å². The highest BCUT2D eigenvalue weighted by molar-refractivity contribution is 5.99. The summed E-state index contributed by atoms with van der Waals surface area (Å²) in [5.41, 5.74) is 0.875. The van der Waals surface area contributed by atoms with Crippen molar-refractivity contribution < 1.29 is 4.79 Å². The van der Waals surface area contributed by atoms with Crippen LogP contribution in [0.5, 0.6) is 0 Å². The first-order valence-electron chi connectivity index (χ1n) is 5.35. The van der Waals surface area contributed by atoms with Gasteiger partial charge in [-0.2, -0.15) is 0 Å². The van der Waals surface area contributed by atoms with Crippen LogP contribution in [0.3, 0.4) is 0 Å². The van der Waals surface area contributed by atoms with Crippen molar-refractivity contribution in [1.29, 1.82) is 0 Å². The first-order chi connectivity index (χ1) is 6.75. The standard InChI is InChI=1S/C13H16O/c1-3-11-9(2)12(11)13(14)10-7-5-4-6-8-10/h4-9,11-12H,3H2,1-2H3/t9-,11+,12+/m1/s1. The Hall–Kier alpha value is -1.11. The molecule has 1 saturated carbocycles. The summed E-state index contributed by atoms with van der Waals surface area (Å²) in [4.78, 5) is 12.0. The maximum atomic E-state index is 12.0. The average Bonchev–Trinajstić information content (AvgIpc) is 2.89. The monoisotopic (exact) mass is 188 g/mol. The number of carbonyl (C=O) groups excluding carboxylic acids is 1. The van der Waals surface area contributed by atoms with E-state index in [9.17, 15) is 4.79 Å². The van der Waals surface area contributed by atoms with E-state index >= 15 is 0 Å². The molecule has 0 saturated heterocycles. The van der Waals surface area contributed by atoms with Gasteiger partial charge in [0.2, 0.25) is 0 Å². The van der Waals surface area contributed by atoms with E-state index in [1.54, 1.807) is 0 Å². The number of benzene rings is 1. The fourth-order valence-electron chi connectivity index (χ4n) is 2.40. The van der Waals surface area contributed by atoms with Gasteiger partial charge in [0, 0.05) is 11.5 Å². The van der Waals surface area contributed by atoms with Crippen LogP contribution in [0.15, 0.2) is 30.3 Å². The van der Waals surface area contributed by atoms with E-state index in [4.69, 9.17) is 0 Å². The summed E-state index contributed by atoms with van der Waals surface area (Å²) in [6, 6.07) is 9.65. The van der Waals surface area contributed by atoms with Gasteiger partial charge in [0.25, 0.3) is 0 Å². The van der Waals surface area contributed by atoms with Crippen molar-refractivity contribution in [2.45, 2.75) is 20.3 Å². The Labute approximate surface area is 85.1 Å². The summed E-state index contributed by atoms with van der Waals surface area (Å²) in [5, 5.41) is 0. The fraction of sp³-hybridized carbons (Fsp3) is 0.462. The Bertz CT molecular complexity index is 328. The molecule has 14 heavy (non-hydrogen) atoms. The van der Waals surface area contributed by atoms with Crippen LogP contribution in [-0.2, 0) is 0 Å². The normalized spacial score (nSPS) is 30.0. The minimum absolute atomic E-state index is 0.294. The zero-order valence-electron chi connectivity index (χ0n) is 8.73.